The van der Waals surface area contributed by atoms with Crippen LogP contribution in [-0.4, -0.2) is 35.2 Å². The molecule has 1 amide bonds. The maximum atomic E-state index is 11.5. The second-order valence-corrected chi connectivity index (χ2v) is 5.11. The lowest BCUT2D eigenvalue weighted by molar-refractivity contribution is -0.122. The van der Waals surface area contributed by atoms with Crippen molar-refractivity contribution in [1.29, 1.82) is 0 Å². The first-order valence-electron chi connectivity index (χ1n) is 5.70. The molecule has 2 unspecified atom stereocenters. The number of aliphatic hydroxyl groups is 1. The van der Waals surface area contributed by atoms with Crippen LogP contribution < -0.4 is 5.32 Å². The van der Waals surface area contributed by atoms with Crippen molar-refractivity contribution < 1.29 is 9.90 Å². The van der Waals surface area contributed by atoms with Gasteiger partial charge < -0.3 is 10.4 Å². The molecule has 2 N–H and O–H groups in total. The van der Waals surface area contributed by atoms with Gasteiger partial charge in [0.2, 0.25) is 5.91 Å². The molecular formula is C11H21NO2S. The Morgan fingerprint density at radius 3 is 2.87 bits per heavy atom. The fourth-order valence-corrected chi connectivity index (χ4v) is 2.32. The summed E-state index contributed by atoms with van der Waals surface area (Å²) in [4.78, 5) is 11.5. The highest BCUT2D eigenvalue weighted by Crippen LogP contribution is 2.18. The van der Waals surface area contributed by atoms with E-state index in [1.807, 2.05) is 6.26 Å². The lowest BCUT2D eigenvalue weighted by atomic mass is 10.1. The van der Waals surface area contributed by atoms with E-state index >= 15 is 0 Å². The van der Waals surface area contributed by atoms with Crippen molar-refractivity contribution in [2.24, 2.45) is 0 Å². The Hall–Kier alpha value is -0.220. The molecule has 0 radical (unpaired) electrons. The SMILES string of the molecule is CSCCC(=O)NC1CCCCCC1O. The van der Waals surface area contributed by atoms with E-state index in [0.29, 0.717) is 6.42 Å². The van der Waals surface area contributed by atoms with Crippen LogP contribution in [0.15, 0.2) is 0 Å². The number of carbonyl (C=O) groups is 1. The van der Waals surface area contributed by atoms with Crippen LogP contribution in [0, 0.1) is 0 Å². The van der Waals surface area contributed by atoms with Crippen LogP contribution in [0.2, 0.25) is 0 Å². The van der Waals surface area contributed by atoms with E-state index in [2.05, 4.69) is 5.32 Å². The monoisotopic (exact) mass is 231 g/mol. The molecule has 88 valence electrons. The summed E-state index contributed by atoms with van der Waals surface area (Å²) in [5.74, 6) is 0.935. The second kappa shape index (κ2) is 7.12. The molecule has 15 heavy (non-hydrogen) atoms. The zero-order chi connectivity index (χ0) is 11.1. The van der Waals surface area contributed by atoms with Crippen LogP contribution in [0.4, 0.5) is 0 Å². The summed E-state index contributed by atoms with van der Waals surface area (Å²) in [7, 11) is 0. The van der Waals surface area contributed by atoms with Gasteiger partial charge >= 0.3 is 0 Å². The molecule has 0 aromatic carbocycles. The fraction of sp³-hybridized carbons (Fsp3) is 0.909. The molecule has 0 aromatic rings. The van der Waals surface area contributed by atoms with Gasteiger partial charge in [0.1, 0.15) is 0 Å². The maximum Gasteiger partial charge on any atom is 0.221 e. The molecule has 2 atom stereocenters. The Morgan fingerprint density at radius 2 is 2.13 bits per heavy atom. The first-order valence-corrected chi connectivity index (χ1v) is 7.10. The number of aliphatic hydroxyl groups excluding tert-OH is 1. The minimum absolute atomic E-state index is 0.0122. The molecule has 0 heterocycles. The number of rotatable bonds is 4. The number of hydrogen-bond acceptors (Lipinski definition) is 3. The number of amides is 1. The Kier molecular flexibility index (Phi) is 6.10. The standard InChI is InChI=1S/C11H21NO2S/c1-15-8-7-11(14)12-9-5-3-2-4-6-10(9)13/h9-10,13H,2-8H2,1H3,(H,12,14). The fourth-order valence-electron chi connectivity index (χ4n) is 1.93. The van der Waals surface area contributed by atoms with Crippen LogP contribution in [0.25, 0.3) is 0 Å². The summed E-state index contributed by atoms with van der Waals surface area (Å²) in [6, 6.07) is -0.0122. The van der Waals surface area contributed by atoms with Crippen molar-refractivity contribution in [3.63, 3.8) is 0 Å². The van der Waals surface area contributed by atoms with Gasteiger partial charge in [0.05, 0.1) is 12.1 Å². The molecular weight excluding hydrogens is 210 g/mol. The van der Waals surface area contributed by atoms with Crippen LogP contribution in [0.1, 0.15) is 38.5 Å². The van der Waals surface area contributed by atoms with E-state index in [1.165, 1.54) is 6.42 Å². The number of carbonyl (C=O) groups excluding carboxylic acids is 1. The highest BCUT2D eigenvalue weighted by molar-refractivity contribution is 7.98. The molecule has 0 spiro atoms. The normalized spacial score (nSPS) is 27.1. The first-order chi connectivity index (χ1) is 7.24. The van der Waals surface area contributed by atoms with Crippen molar-refractivity contribution in [2.45, 2.75) is 50.7 Å². The predicted octanol–water partition coefficient (Wildman–Crippen LogP) is 1.55. The number of thioether (sulfide) groups is 1. The summed E-state index contributed by atoms with van der Waals surface area (Å²) in [6.07, 6.45) is 7.33. The van der Waals surface area contributed by atoms with E-state index in [9.17, 15) is 9.90 Å². The van der Waals surface area contributed by atoms with E-state index < -0.39 is 0 Å². The minimum atomic E-state index is -0.342. The molecule has 1 aliphatic carbocycles. The van der Waals surface area contributed by atoms with E-state index in [0.717, 1.165) is 31.4 Å². The minimum Gasteiger partial charge on any atom is -0.391 e. The van der Waals surface area contributed by atoms with Crippen molar-refractivity contribution in [1.82, 2.24) is 5.32 Å². The Morgan fingerprint density at radius 1 is 1.40 bits per heavy atom. The van der Waals surface area contributed by atoms with E-state index in [1.54, 1.807) is 11.8 Å². The summed E-state index contributed by atoms with van der Waals surface area (Å²) in [6.45, 7) is 0. The quantitative estimate of drug-likeness (QED) is 0.722. The summed E-state index contributed by atoms with van der Waals surface area (Å²) in [5, 5.41) is 12.7. The highest BCUT2D eigenvalue weighted by Gasteiger charge is 2.22. The Bertz CT molecular complexity index is 199. The van der Waals surface area contributed by atoms with Crippen molar-refractivity contribution in [3.05, 3.63) is 0 Å². The van der Waals surface area contributed by atoms with Gasteiger partial charge in [-0.15, -0.1) is 0 Å². The average Bonchev–Trinajstić information content (AvgIpc) is 2.42. The van der Waals surface area contributed by atoms with Crippen LogP contribution in [0.3, 0.4) is 0 Å². The smallest absolute Gasteiger partial charge is 0.221 e. The summed E-state index contributed by atoms with van der Waals surface area (Å²) < 4.78 is 0. The largest absolute Gasteiger partial charge is 0.391 e. The molecule has 0 bridgehead atoms. The zero-order valence-electron chi connectivity index (χ0n) is 9.37. The third-order valence-corrected chi connectivity index (χ3v) is 3.47. The van der Waals surface area contributed by atoms with Gasteiger partial charge in [0, 0.05) is 12.2 Å². The maximum absolute atomic E-state index is 11.5. The summed E-state index contributed by atoms with van der Waals surface area (Å²) in [5.41, 5.74) is 0. The van der Waals surface area contributed by atoms with Gasteiger partial charge in [-0.1, -0.05) is 19.3 Å². The number of hydrogen-bond donors (Lipinski definition) is 2. The third kappa shape index (κ3) is 4.89. The molecule has 1 saturated carbocycles. The van der Waals surface area contributed by atoms with E-state index in [-0.39, 0.29) is 18.1 Å². The van der Waals surface area contributed by atoms with Crippen molar-refractivity contribution >= 4 is 17.7 Å². The molecule has 1 aliphatic rings. The van der Waals surface area contributed by atoms with Crippen LogP contribution in [-0.2, 0) is 4.79 Å². The van der Waals surface area contributed by atoms with Gasteiger partial charge in [0.15, 0.2) is 0 Å². The molecule has 3 nitrogen and oxygen atoms in total. The third-order valence-electron chi connectivity index (χ3n) is 2.86. The molecule has 1 fully saturated rings. The Labute approximate surface area is 96.0 Å². The van der Waals surface area contributed by atoms with Gasteiger partial charge in [-0.2, -0.15) is 11.8 Å². The Balaban J connectivity index is 2.30. The summed E-state index contributed by atoms with van der Waals surface area (Å²) >= 11 is 1.67. The van der Waals surface area contributed by atoms with Crippen molar-refractivity contribution in [2.75, 3.05) is 12.0 Å². The molecule has 1 rings (SSSR count). The van der Waals surface area contributed by atoms with Gasteiger partial charge in [-0.05, 0) is 19.1 Å². The molecule has 0 aromatic heterocycles. The zero-order valence-corrected chi connectivity index (χ0v) is 10.2. The predicted molar refractivity (Wildman–Crippen MR) is 64.0 cm³/mol. The lowest BCUT2D eigenvalue weighted by Crippen LogP contribution is -2.42. The molecule has 4 heteroatoms. The highest BCUT2D eigenvalue weighted by atomic mass is 32.2. The van der Waals surface area contributed by atoms with Crippen LogP contribution >= 0.6 is 11.8 Å². The first kappa shape index (κ1) is 12.8. The van der Waals surface area contributed by atoms with Crippen molar-refractivity contribution in [3.8, 4) is 0 Å². The molecule has 0 saturated heterocycles. The lowest BCUT2D eigenvalue weighted by Gasteiger charge is -2.21. The number of nitrogens with one attached hydrogen (secondary N) is 1. The average molecular weight is 231 g/mol. The van der Waals surface area contributed by atoms with Gasteiger partial charge in [-0.25, -0.2) is 0 Å². The van der Waals surface area contributed by atoms with Crippen LogP contribution in [0.5, 0.6) is 0 Å². The topological polar surface area (TPSA) is 49.3 Å². The second-order valence-electron chi connectivity index (χ2n) is 4.12. The van der Waals surface area contributed by atoms with E-state index in [4.69, 9.17) is 0 Å². The van der Waals surface area contributed by atoms with Gasteiger partial charge in [-0.3, -0.25) is 4.79 Å². The molecule has 0 aliphatic heterocycles. The van der Waals surface area contributed by atoms with Gasteiger partial charge in [0.25, 0.3) is 0 Å².